The van der Waals surface area contributed by atoms with Crippen molar-refractivity contribution in [3.63, 3.8) is 0 Å². The van der Waals surface area contributed by atoms with Crippen molar-refractivity contribution in [1.29, 1.82) is 0 Å². The first-order chi connectivity index (χ1) is 13.3. The molecule has 0 aliphatic rings. The molecule has 6 aromatic rings. The average Bonchev–Trinajstić information content (AvgIpc) is 3.28. The van der Waals surface area contributed by atoms with Gasteiger partial charge in [0.05, 0.1) is 15.9 Å². The van der Waals surface area contributed by atoms with Crippen LogP contribution < -0.4 is 0 Å². The van der Waals surface area contributed by atoms with E-state index in [1.54, 1.807) is 17.7 Å². The molecule has 128 valence electrons. The normalized spacial score (nSPS) is 11.9. The number of aryl methyl sites for hydroxylation is 1. The van der Waals surface area contributed by atoms with Crippen LogP contribution in [0.1, 0.15) is 5.56 Å². The Balaban J connectivity index is 1.65. The quantitative estimate of drug-likeness (QED) is 0.324. The summed E-state index contributed by atoms with van der Waals surface area (Å²) in [6.07, 6.45) is 1.65. The van der Waals surface area contributed by atoms with Crippen molar-refractivity contribution < 1.29 is 4.42 Å². The van der Waals surface area contributed by atoms with Crippen LogP contribution in [0.3, 0.4) is 0 Å². The van der Waals surface area contributed by atoms with E-state index in [9.17, 15) is 0 Å². The Kier molecular flexibility index (Phi) is 2.96. The Bertz CT molecular complexity index is 1490. The molecule has 0 saturated heterocycles. The minimum atomic E-state index is 0.888. The van der Waals surface area contributed by atoms with E-state index in [-0.39, 0.29) is 0 Å². The van der Waals surface area contributed by atoms with Crippen molar-refractivity contribution in [2.24, 2.45) is 0 Å². The van der Waals surface area contributed by atoms with Gasteiger partial charge in [-0.1, -0.05) is 36.4 Å². The molecule has 6 rings (SSSR count). The molecule has 0 aliphatic heterocycles. The molecule has 0 bridgehead atoms. The van der Waals surface area contributed by atoms with Gasteiger partial charge in [0.2, 0.25) is 0 Å². The lowest BCUT2D eigenvalue weighted by Gasteiger charge is -2.02. The van der Waals surface area contributed by atoms with Crippen molar-refractivity contribution in [2.75, 3.05) is 0 Å². The first-order valence-electron chi connectivity index (χ1n) is 8.83. The molecule has 0 fully saturated rings. The van der Waals surface area contributed by atoms with Gasteiger partial charge in [-0.2, -0.15) is 0 Å². The molecule has 3 nitrogen and oxygen atoms in total. The largest absolute Gasteiger partial charge is 0.455 e. The fourth-order valence-electron chi connectivity index (χ4n) is 3.83. The molecule has 0 saturated carbocycles. The summed E-state index contributed by atoms with van der Waals surface area (Å²) in [5.41, 5.74) is 6.07. The number of benzene rings is 3. The van der Waals surface area contributed by atoms with E-state index in [0.29, 0.717) is 0 Å². The first kappa shape index (κ1) is 14.9. The summed E-state index contributed by atoms with van der Waals surface area (Å²) in [7, 11) is 0. The lowest BCUT2D eigenvalue weighted by atomic mass is 10.0. The molecule has 3 aromatic carbocycles. The third-order valence-corrected chi connectivity index (χ3v) is 6.26. The Morgan fingerprint density at radius 1 is 0.889 bits per heavy atom. The summed E-state index contributed by atoms with van der Waals surface area (Å²) in [6, 6.07) is 19.0. The second-order valence-corrected chi connectivity index (χ2v) is 7.67. The number of aromatic nitrogens is 2. The van der Waals surface area contributed by atoms with Gasteiger partial charge in [-0.15, -0.1) is 11.3 Å². The topological polar surface area (TPSA) is 38.9 Å². The molecule has 0 unspecified atom stereocenters. The highest BCUT2D eigenvalue weighted by Crippen LogP contribution is 2.37. The van der Waals surface area contributed by atoms with Gasteiger partial charge >= 0.3 is 0 Å². The van der Waals surface area contributed by atoms with Gasteiger partial charge in [0.25, 0.3) is 0 Å². The maximum Gasteiger partial charge on any atom is 0.143 e. The lowest BCUT2D eigenvalue weighted by Crippen LogP contribution is -1.86. The van der Waals surface area contributed by atoms with Crippen LogP contribution in [-0.4, -0.2) is 9.97 Å². The average molecular weight is 366 g/mol. The summed E-state index contributed by atoms with van der Waals surface area (Å²) >= 11 is 1.69. The van der Waals surface area contributed by atoms with Gasteiger partial charge in [-0.25, -0.2) is 9.97 Å². The summed E-state index contributed by atoms with van der Waals surface area (Å²) in [4.78, 5) is 8.99. The van der Waals surface area contributed by atoms with Crippen LogP contribution in [0.5, 0.6) is 0 Å². The minimum Gasteiger partial charge on any atom is -0.455 e. The fraction of sp³-hybridized carbons (Fsp3) is 0.0435. The van der Waals surface area contributed by atoms with Crippen LogP contribution in [-0.2, 0) is 0 Å². The number of furan rings is 1. The maximum absolute atomic E-state index is 6.31. The van der Waals surface area contributed by atoms with E-state index in [1.807, 2.05) is 0 Å². The molecule has 0 atom stereocenters. The molecule has 3 heterocycles. The highest BCUT2D eigenvalue weighted by molar-refractivity contribution is 7.17. The van der Waals surface area contributed by atoms with E-state index >= 15 is 0 Å². The van der Waals surface area contributed by atoms with E-state index in [0.717, 1.165) is 48.8 Å². The smallest absolute Gasteiger partial charge is 0.143 e. The molecule has 27 heavy (non-hydrogen) atoms. The Morgan fingerprint density at radius 3 is 2.74 bits per heavy atom. The summed E-state index contributed by atoms with van der Waals surface area (Å²) in [5, 5.41) is 6.75. The Morgan fingerprint density at radius 2 is 1.78 bits per heavy atom. The fourth-order valence-corrected chi connectivity index (χ4v) is 4.84. The zero-order chi connectivity index (χ0) is 18.0. The number of nitrogens with zero attached hydrogens (tertiary/aromatic N) is 2. The SMILES string of the molecule is Cc1csc2c(-c3ccc4c(c3)oc3c5ccccc5ccc43)ncnc12. The third-order valence-electron chi connectivity index (χ3n) is 5.17. The molecular formula is C23H14N2OS. The maximum atomic E-state index is 6.31. The second kappa shape index (κ2) is 5.38. The summed E-state index contributed by atoms with van der Waals surface area (Å²) in [5.74, 6) is 0. The van der Waals surface area contributed by atoms with Gasteiger partial charge in [0.15, 0.2) is 0 Å². The van der Waals surface area contributed by atoms with Gasteiger partial charge in [0, 0.05) is 21.7 Å². The molecule has 0 radical (unpaired) electrons. The molecule has 3 aromatic heterocycles. The van der Waals surface area contributed by atoms with Crippen molar-refractivity contribution >= 4 is 54.3 Å². The van der Waals surface area contributed by atoms with E-state index in [4.69, 9.17) is 4.42 Å². The predicted octanol–water partition coefficient (Wildman–Crippen LogP) is 6.72. The van der Waals surface area contributed by atoms with E-state index in [1.165, 1.54) is 10.9 Å². The highest BCUT2D eigenvalue weighted by atomic mass is 32.1. The van der Waals surface area contributed by atoms with Crippen molar-refractivity contribution in [3.8, 4) is 11.3 Å². The van der Waals surface area contributed by atoms with Crippen LogP contribution in [0.2, 0.25) is 0 Å². The van der Waals surface area contributed by atoms with Gasteiger partial charge in [0.1, 0.15) is 17.5 Å². The standard InChI is InChI=1S/C23H14N2OS/c1-13-11-27-23-20(13)24-12-25-21(23)15-7-8-17-18-9-6-14-4-2-3-5-16(14)22(18)26-19(17)10-15/h2-12H,1H3. The summed E-state index contributed by atoms with van der Waals surface area (Å²) < 4.78 is 7.43. The first-order valence-corrected chi connectivity index (χ1v) is 9.71. The monoisotopic (exact) mass is 366 g/mol. The summed E-state index contributed by atoms with van der Waals surface area (Å²) in [6.45, 7) is 2.09. The minimum absolute atomic E-state index is 0.888. The van der Waals surface area contributed by atoms with E-state index in [2.05, 4.69) is 76.9 Å². The molecule has 0 N–H and O–H groups in total. The van der Waals surface area contributed by atoms with Crippen LogP contribution in [0.4, 0.5) is 0 Å². The van der Waals surface area contributed by atoms with E-state index < -0.39 is 0 Å². The second-order valence-electron chi connectivity index (χ2n) is 6.80. The zero-order valence-electron chi connectivity index (χ0n) is 14.6. The molecule has 4 heteroatoms. The van der Waals surface area contributed by atoms with Crippen LogP contribution in [0, 0.1) is 6.92 Å². The Labute approximate surface area is 158 Å². The van der Waals surface area contributed by atoms with Crippen LogP contribution in [0.15, 0.2) is 70.7 Å². The van der Waals surface area contributed by atoms with Crippen LogP contribution >= 0.6 is 11.3 Å². The number of hydrogen-bond donors (Lipinski definition) is 0. The number of rotatable bonds is 1. The van der Waals surface area contributed by atoms with Gasteiger partial charge < -0.3 is 4.42 Å². The Hall–Kier alpha value is -3.24. The third kappa shape index (κ3) is 2.07. The molecule has 0 aliphatic carbocycles. The van der Waals surface area contributed by atoms with Gasteiger partial charge in [-0.3, -0.25) is 0 Å². The lowest BCUT2D eigenvalue weighted by molar-refractivity contribution is 0.673. The van der Waals surface area contributed by atoms with Crippen molar-refractivity contribution in [2.45, 2.75) is 6.92 Å². The van der Waals surface area contributed by atoms with Crippen molar-refractivity contribution in [3.05, 3.63) is 71.9 Å². The number of hydrogen-bond acceptors (Lipinski definition) is 4. The predicted molar refractivity (Wildman–Crippen MR) is 112 cm³/mol. The molecular weight excluding hydrogens is 352 g/mol. The highest BCUT2D eigenvalue weighted by Gasteiger charge is 2.14. The van der Waals surface area contributed by atoms with Crippen LogP contribution in [0.25, 0.3) is 54.2 Å². The number of thiophene rings is 1. The zero-order valence-corrected chi connectivity index (χ0v) is 15.4. The number of fused-ring (bicyclic) bond motifs is 6. The van der Waals surface area contributed by atoms with Crippen molar-refractivity contribution in [1.82, 2.24) is 9.97 Å². The van der Waals surface area contributed by atoms with Gasteiger partial charge in [-0.05, 0) is 41.5 Å². The molecule has 0 spiro atoms. The molecule has 0 amide bonds.